The number of aromatic nitrogens is 1. The van der Waals surface area contributed by atoms with Crippen molar-refractivity contribution in [2.75, 3.05) is 11.9 Å². The predicted molar refractivity (Wildman–Crippen MR) is 77.5 cm³/mol. The van der Waals surface area contributed by atoms with Crippen LogP contribution in [-0.4, -0.2) is 41.1 Å². The molecule has 3 aliphatic rings. The van der Waals surface area contributed by atoms with Crippen molar-refractivity contribution < 1.29 is 0 Å². The number of piperazine rings is 1. The fraction of sp³-hybridized carbons (Fsp3) is 0.500. The number of nitrogens with one attached hydrogen (secondary N) is 1. The number of aromatic amines is 1. The predicted octanol–water partition coefficient (Wildman–Crippen LogP) is 2.59. The van der Waals surface area contributed by atoms with Crippen molar-refractivity contribution in [2.24, 2.45) is 0 Å². The molecule has 4 atom stereocenters. The van der Waals surface area contributed by atoms with Crippen LogP contribution in [0.2, 0.25) is 0 Å². The van der Waals surface area contributed by atoms with Crippen LogP contribution in [-0.2, 0) is 0 Å². The van der Waals surface area contributed by atoms with Crippen LogP contribution in [0.5, 0.6) is 0 Å². The number of benzene rings is 1. The molecule has 0 amide bonds. The van der Waals surface area contributed by atoms with Gasteiger partial charge in [0.1, 0.15) is 0 Å². The van der Waals surface area contributed by atoms with Gasteiger partial charge < -0.3 is 9.88 Å². The topological polar surface area (TPSA) is 22.0 Å². The third-order valence-corrected chi connectivity index (χ3v) is 5.57. The van der Waals surface area contributed by atoms with Gasteiger partial charge in [0.2, 0.25) is 0 Å². The number of nitrogens with zero attached hydrogens (tertiary/aromatic N) is 2. The molecule has 0 spiro atoms. The summed E-state index contributed by atoms with van der Waals surface area (Å²) in [5.74, 6) is 0. The molecule has 0 saturated carbocycles. The Morgan fingerprint density at radius 3 is 2.68 bits per heavy atom. The molecule has 2 aromatic rings. The van der Waals surface area contributed by atoms with Gasteiger partial charge in [0.05, 0.1) is 12.1 Å². The zero-order valence-corrected chi connectivity index (χ0v) is 11.2. The third kappa shape index (κ3) is 1.22. The molecule has 19 heavy (non-hydrogen) atoms. The summed E-state index contributed by atoms with van der Waals surface area (Å²) in [6.07, 6.45) is 6.23. The van der Waals surface area contributed by atoms with E-state index in [0.717, 1.165) is 24.2 Å². The van der Waals surface area contributed by atoms with Crippen molar-refractivity contribution in [3.63, 3.8) is 0 Å². The lowest BCUT2D eigenvalue weighted by atomic mass is 10.0. The minimum Gasteiger partial charge on any atom is -0.361 e. The largest absolute Gasteiger partial charge is 0.361 e. The van der Waals surface area contributed by atoms with E-state index in [1.54, 1.807) is 0 Å². The van der Waals surface area contributed by atoms with Gasteiger partial charge in [-0.25, -0.2) is 0 Å². The summed E-state index contributed by atoms with van der Waals surface area (Å²) in [7, 11) is 2.33. The fourth-order valence-electron chi connectivity index (χ4n) is 4.65. The van der Waals surface area contributed by atoms with E-state index in [-0.39, 0.29) is 0 Å². The van der Waals surface area contributed by atoms with Crippen LogP contribution in [0.4, 0.5) is 5.69 Å². The van der Waals surface area contributed by atoms with Crippen molar-refractivity contribution in [3.8, 4) is 0 Å². The van der Waals surface area contributed by atoms with Crippen LogP contribution in [0, 0.1) is 0 Å². The Kier molecular flexibility index (Phi) is 1.81. The van der Waals surface area contributed by atoms with Crippen LogP contribution >= 0.6 is 0 Å². The molecular formula is C16H19N3. The van der Waals surface area contributed by atoms with Gasteiger partial charge in [-0.3, -0.25) is 4.90 Å². The maximum absolute atomic E-state index is 3.28. The van der Waals surface area contributed by atoms with E-state index in [0.29, 0.717) is 0 Å². The third-order valence-electron chi connectivity index (χ3n) is 5.57. The first kappa shape index (κ1) is 10.3. The summed E-state index contributed by atoms with van der Waals surface area (Å²) >= 11 is 0. The van der Waals surface area contributed by atoms with Gasteiger partial charge >= 0.3 is 0 Å². The molecule has 3 heteroatoms. The number of hydrogen-bond acceptors (Lipinski definition) is 2. The smallest absolute Gasteiger partial charge is 0.0668 e. The second kappa shape index (κ2) is 3.34. The molecule has 0 radical (unpaired) electrons. The quantitative estimate of drug-likeness (QED) is 0.789. The lowest BCUT2D eigenvalue weighted by Gasteiger charge is -2.36. The first-order valence-corrected chi connectivity index (χ1v) is 7.42. The first-order chi connectivity index (χ1) is 9.34. The highest BCUT2D eigenvalue weighted by Gasteiger charge is 2.64. The Hall–Kier alpha value is -1.48. The minimum atomic E-state index is 0.786. The monoisotopic (exact) mass is 253 g/mol. The van der Waals surface area contributed by atoms with Gasteiger partial charge in [0.15, 0.2) is 0 Å². The zero-order valence-electron chi connectivity index (χ0n) is 11.2. The average molecular weight is 253 g/mol. The Morgan fingerprint density at radius 2 is 1.89 bits per heavy atom. The molecule has 0 unspecified atom stereocenters. The summed E-state index contributed by atoms with van der Waals surface area (Å²) < 4.78 is 0. The van der Waals surface area contributed by atoms with Crippen LogP contribution in [0.15, 0.2) is 30.5 Å². The Labute approximate surface area is 113 Å². The molecule has 3 aliphatic heterocycles. The Morgan fingerprint density at radius 1 is 1.11 bits per heavy atom. The lowest BCUT2D eigenvalue weighted by molar-refractivity contribution is 0.157. The number of likely N-dealkylation sites (N-methyl/N-ethyl adjacent to an activating group) is 1. The maximum Gasteiger partial charge on any atom is 0.0668 e. The van der Waals surface area contributed by atoms with Crippen molar-refractivity contribution in [2.45, 2.75) is 43.4 Å². The van der Waals surface area contributed by atoms with Gasteiger partial charge in [-0.15, -0.1) is 0 Å². The minimum absolute atomic E-state index is 0.786. The van der Waals surface area contributed by atoms with E-state index in [1.165, 1.54) is 35.9 Å². The molecule has 4 heterocycles. The summed E-state index contributed by atoms with van der Waals surface area (Å²) in [5.41, 5.74) is 2.67. The number of hydrogen-bond donors (Lipinski definition) is 1. The average Bonchev–Trinajstić information content (AvgIpc) is 2.93. The van der Waals surface area contributed by atoms with Crippen molar-refractivity contribution in [1.82, 2.24) is 9.88 Å². The molecule has 1 aromatic heterocycles. The van der Waals surface area contributed by atoms with Gasteiger partial charge in [0.25, 0.3) is 0 Å². The molecule has 2 bridgehead atoms. The van der Waals surface area contributed by atoms with Crippen LogP contribution in [0.25, 0.3) is 10.9 Å². The van der Waals surface area contributed by atoms with E-state index >= 15 is 0 Å². The number of rotatable bonds is 1. The van der Waals surface area contributed by atoms with Crippen molar-refractivity contribution >= 4 is 16.6 Å². The van der Waals surface area contributed by atoms with E-state index in [9.17, 15) is 0 Å². The molecular weight excluding hydrogens is 234 g/mol. The van der Waals surface area contributed by atoms with Crippen molar-refractivity contribution in [3.05, 3.63) is 30.5 Å². The molecule has 1 aromatic carbocycles. The second-order valence-corrected chi connectivity index (χ2v) is 6.37. The molecule has 98 valence electrons. The number of H-pyrrole nitrogens is 1. The highest BCUT2D eigenvalue weighted by Crippen LogP contribution is 2.52. The van der Waals surface area contributed by atoms with Gasteiger partial charge in [-0.1, -0.05) is 6.42 Å². The van der Waals surface area contributed by atoms with E-state index in [2.05, 4.69) is 46.1 Å². The highest BCUT2D eigenvalue weighted by molar-refractivity contribution is 5.84. The summed E-state index contributed by atoms with van der Waals surface area (Å²) in [6, 6.07) is 12.2. The number of fused-ring (bicyclic) bond motifs is 6. The molecule has 3 nitrogen and oxygen atoms in total. The fourth-order valence-corrected chi connectivity index (χ4v) is 4.65. The van der Waals surface area contributed by atoms with Crippen LogP contribution < -0.4 is 4.90 Å². The number of anilines is 1. The van der Waals surface area contributed by atoms with Gasteiger partial charge in [-0.05, 0) is 44.2 Å². The zero-order chi connectivity index (χ0) is 12.6. The van der Waals surface area contributed by atoms with Gasteiger partial charge in [0, 0.05) is 34.9 Å². The van der Waals surface area contributed by atoms with E-state index < -0.39 is 0 Å². The summed E-state index contributed by atoms with van der Waals surface area (Å²) in [6.45, 7) is 0. The Bertz CT molecular complexity index is 628. The molecule has 1 N–H and O–H groups in total. The standard InChI is InChI=1S/C16H19N3/c1-18-13-3-2-4-14(18)16-15(13)19(16)11-5-6-12-10(9-11)7-8-17-12/h5-9,13-17H,2-4H2,1H3/t13-,14+,15-,16+,19?. The van der Waals surface area contributed by atoms with E-state index in [1.807, 2.05) is 6.20 Å². The normalized spacial score (nSPS) is 36.8. The summed E-state index contributed by atoms with van der Waals surface area (Å²) in [4.78, 5) is 8.59. The highest BCUT2D eigenvalue weighted by atomic mass is 15.5. The lowest BCUT2D eigenvalue weighted by Crippen LogP contribution is -2.45. The van der Waals surface area contributed by atoms with Crippen LogP contribution in [0.1, 0.15) is 19.3 Å². The summed E-state index contributed by atoms with van der Waals surface area (Å²) in [5, 5.41) is 1.33. The van der Waals surface area contributed by atoms with Crippen LogP contribution in [0.3, 0.4) is 0 Å². The number of piperidine rings is 1. The Balaban J connectivity index is 1.53. The molecule has 3 fully saturated rings. The molecule has 5 rings (SSSR count). The van der Waals surface area contributed by atoms with Crippen molar-refractivity contribution in [1.29, 1.82) is 0 Å². The SMILES string of the molecule is CN1[C@@H]2CCC[C@H]1[C@H]1[C@@H]2N1c1ccc2[nH]ccc2c1. The first-order valence-electron chi connectivity index (χ1n) is 7.42. The van der Waals surface area contributed by atoms with Gasteiger partial charge in [-0.2, -0.15) is 0 Å². The second-order valence-electron chi connectivity index (χ2n) is 6.37. The van der Waals surface area contributed by atoms with E-state index in [4.69, 9.17) is 0 Å². The maximum atomic E-state index is 3.28. The molecule has 3 saturated heterocycles. The molecule has 0 aliphatic carbocycles.